The SMILES string of the molecule is CC(NC(=O)CNC(=O)C(N)C(C)O)C(=O)NC(Cc1ccccc1)C(=O)O. The minimum atomic E-state index is -1.20. The minimum Gasteiger partial charge on any atom is -0.480 e. The summed E-state index contributed by atoms with van der Waals surface area (Å²) in [7, 11) is 0. The minimum absolute atomic E-state index is 0.0931. The number of aliphatic hydroxyl groups excluding tert-OH is 1. The van der Waals surface area contributed by atoms with Gasteiger partial charge in [0.2, 0.25) is 17.7 Å². The quantitative estimate of drug-likeness (QED) is 0.270. The number of nitrogens with one attached hydrogen (secondary N) is 3. The van der Waals surface area contributed by atoms with E-state index in [1.54, 1.807) is 30.3 Å². The van der Waals surface area contributed by atoms with Crippen molar-refractivity contribution in [3.8, 4) is 0 Å². The number of aliphatic hydroxyl groups is 1. The van der Waals surface area contributed by atoms with Crippen molar-refractivity contribution in [2.45, 2.75) is 44.5 Å². The van der Waals surface area contributed by atoms with Crippen molar-refractivity contribution in [3.05, 3.63) is 35.9 Å². The van der Waals surface area contributed by atoms with E-state index in [1.165, 1.54) is 13.8 Å². The van der Waals surface area contributed by atoms with E-state index in [-0.39, 0.29) is 6.42 Å². The number of carboxylic acid groups (broad SMARTS) is 1. The molecule has 28 heavy (non-hydrogen) atoms. The summed E-state index contributed by atoms with van der Waals surface area (Å²) >= 11 is 0. The van der Waals surface area contributed by atoms with E-state index in [1.807, 2.05) is 0 Å². The molecule has 3 amide bonds. The fourth-order valence-corrected chi connectivity index (χ4v) is 2.21. The Balaban J connectivity index is 2.52. The summed E-state index contributed by atoms with van der Waals surface area (Å²) in [4.78, 5) is 47.0. The number of rotatable bonds is 10. The standard InChI is InChI=1S/C18H26N4O6/c1-10(21-14(24)9-20-17(26)15(19)11(2)23)16(25)22-13(18(27)28)8-12-6-4-3-5-7-12/h3-7,10-11,13,15,23H,8-9,19H2,1-2H3,(H,20,26)(H,21,24)(H,22,25)(H,27,28). The zero-order valence-electron chi connectivity index (χ0n) is 15.7. The topological polar surface area (TPSA) is 171 Å². The molecule has 10 nitrogen and oxygen atoms in total. The van der Waals surface area contributed by atoms with Crippen LogP contribution in [0.5, 0.6) is 0 Å². The third kappa shape index (κ3) is 7.72. The van der Waals surface area contributed by atoms with Crippen LogP contribution in [0.2, 0.25) is 0 Å². The molecule has 0 spiro atoms. The van der Waals surface area contributed by atoms with Gasteiger partial charge in [-0.3, -0.25) is 14.4 Å². The molecule has 1 rings (SSSR count). The van der Waals surface area contributed by atoms with Gasteiger partial charge in [0.05, 0.1) is 12.6 Å². The summed E-state index contributed by atoms with van der Waals surface area (Å²) in [5, 5.41) is 25.5. The van der Waals surface area contributed by atoms with Crippen molar-refractivity contribution in [1.29, 1.82) is 0 Å². The van der Waals surface area contributed by atoms with Gasteiger partial charge < -0.3 is 31.9 Å². The number of carbonyl (C=O) groups is 4. The Bertz CT molecular complexity index is 695. The van der Waals surface area contributed by atoms with Gasteiger partial charge in [0.15, 0.2) is 0 Å². The zero-order valence-corrected chi connectivity index (χ0v) is 15.7. The predicted octanol–water partition coefficient (Wildman–Crippen LogP) is -1.87. The smallest absolute Gasteiger partial charge is 0.326 e. The molecule has 0 fully saturated rings. The van der Waals surface area contributed by atoms with Crippen molar-refractivity contribution in [1.82, 2.24) is 16.0 Å². The molecule has 0 aliphatic heterocycles. The summed E-state index contributed by atoms with van der Waals surface area (Å²) in [6.45, 7) is 2.28. The Labute approximate surface area is 162 Å². The van der Waals surface area contributed by atoms with Gasteiger partial charge >= 0.3 is 5.97 Å². The molecule has 0 heterocycles. The molecule has 4 unspecified atom stereocenters. The highest BCUT2D eigenvalue weighted by Crippen LogP contribution is 2.04. The predicted molar refractivity (Wildman–Crippen MR) is 100.0 cm³/mol. The van der Waals surface area contributed by atoms with E-state index in [9.17, 15) is 29.4 Å². The summed E-state index contributed by atoms with van der Waals surface area (Å²) < 4.78 is 0. The van der Waals surface area contributed by atoms with Crippen molar-refractivity contribution < 1.29 is 29.4 Å². The lowest BCUT2D eigenvalue weighted by molar-refractivity contribution is -0.142. The van der Waals surface area contributed by atoms with Gasteiger partial charge in [0, 0.05) is 6.42 Å². The average Bonchev–Trinajstić information content (AvgIpc) is 2.65. The third-order valence-electron chi connectivity index (χ3n) is 3.91. The molecule has 0 aromatic heterocycles. The maximum absolute atomic E-state index is 12.2. The summed E-state index contributed by atoms with van der Waals surface area (Å²) in [6.07, 6.45) is -0.985. The Morgan fingerprint density at radius 2 is 1.64 bits per heavy atom. The molecule has 0 saturated carbocycles. The lowest BCUT2D eigenvalue weighted by atomic mass is 10.1. The Hall–Kier alpha value is -2.98. The van der Waals surface area contributed by atoms with E-state index >= 15 is 0 Å². The van der Waals surface area contributed by atoms with E-state index in [2.05, 4.69) is 16.0 Å². The first kappa shape index (κ1) is 23.1. The molecule has 1 aromatic carbocycles. The van der Waals surface area contributed by atoms with Crippen LogP contribution in [0.4, 0.5) is 0 Å². The van der Waals surface area contributed by atoms with E-state index in [0.717, 1.165) is 5.56 Å². The van der Waals surface area contributed by atoms with Crippen LogP contribution < -0.4 is 21.7 Å². The molecule has 10 heteroatoms. The van der Waals surface area contributed by atoms with Gasteiger partial charge in [0.25, 0.3) is 0 Å². The van der Waals surface area contributed by atoms with Crippen LogP contribution in [0.15, 0.2) is 30.3 Å². The van der Waals surface area contributed by atoms with Crippen molar-refractivity contribution >= 4 is 23.7 Å². The number of carbonyl (C=O) groups excluding carboxylic acids is 3. The Morgan fingerprint density at radius 3 is 2.18 bits per heavy atom. The molecule has 1 aromatic rings. The van der Waals surface area contributed by atoms with Gasteiger partial charge in [-0.2, -0.15) is 0 Å². The molecule has 0 aliphatic carbocycles. The molecular formula is C18H26N4O6. The van der Waals surface area contributed by atoms with Gasteiger partial charge in [-0.15, -0.1) is 0 Å². The van der Waals surface area contributed by atoms with Crippen LogP contribution in [-0.2, 0) is 25.6 Å². The number of amides is 3. The summed E-state index contributed by atoms with van der Waals surface area (Å²) in [5.41, 5.74) is 6.17. The zero-order chi connectivity index (χ0) is 21.3. The van der Waals surface area contributed by atoms with E-state index in [4.69, 9.17) is 5.73 Å². The number of benzene rings is 1. The molecule has 0 saturated heterocycles. The van der Waals surface area contributed by atoms with E-state index in [0.29, 0.717) is 0 Å². The highest BCUT2D eigenvalue weighted by Gasteiger charge is 2.25. The molecule has 0 aliphatic rings. The van der Waals surface area contributed by atoms with Gasteiger partial charge in [-0.05, 0) is 19.4 Å². The van der Waals surface area contributed by atoms with Crippen LogP contribution in [0.25, 0.3) is 0 Å². The second kappa shape index (κ2) is 11.0. The average molecular weight is 394 g/mol. The summed E-state index contributed by atoms with van der Waals surface area (Å²) in [6, 6.07) is 5.45. The van der Waals surface area contributed by atoms with Crippen molar-refractivity contribution in [2.24, 2.45) is 5.73 Å². The van der Waals surface area contributed by atoms with Crippen molar-refractivity contribution in [2.75, 3.05) is 6.54 Å². The number of hydrogen-bond acceptors (Lipinski definition) is 6. The largest absolute Gasteiger partial charge is 0.480 e. The highest BCUT2D eigenvalue weighted by atomic mass is 16.4. The van der Waals surface area contributed by atoms with Crippen LogP contribution in [0.3, 0.4) is 0 Å². The van der Waals surface area contributed by atoms with Crippen LogP contribution >= 0.6 is 0 Å². The van der Waals surface area contributed by atoms with Gasteiger partial charge in [0.1, 0.15) is 18.1 Å². The van der Waals surface area contributed by atoms with Crippen molar-refractivity contribution in [3.63, 3.8) is 0 Å². The van der Waals surface area contributed by atoms with E-state index < -0.39 is 54.5 Å². The second-order valence-corrected chi connectivity index (χ2v) is 6.36. The number of nitrogens with two attached hydrogens (primary N) is 1. The molecule has 4 atom stereocenters. The number of carboxylic acids is 1. The van der Waals surface area contributed by atoms with Gasteiger partial charge in [-0.25, -0.2) is 4.79 Å². The number of aliphatic carboxylic acids is 1. The molecule has 0 bridgehead atoms. The second-order valence-electron chi connectivity index (χ2n) is 6.36. The van der Waals surface area contributed by atoms with Gasteiger partial charge in [-0.1, -0.05) is 30.3 Å². The lowest BCUT2D eigenvalue weighted by Gasteiger charge is -2.19. The number of hydrogen-bond donors (Lipinski definition) is 6. The van der Waals surface area contributed by atoms with Crippen LogP contribution in [-0.4, -0.2) is 64.7 Å². The Morgan fingerprint density at radius 1 is 1.04 bits per heavy atom. The lowest BCUT2D eigenvalue weighted by Crippen LogP contribution is -2.53. The third-order valence-corrected chi connectivity index (χ3v) is 3.91. The fraction of sp³-hybridized carbons (Fsp3) is 0.444. The maximum atomic E-state index is 12.2. The first-order valence-electron chi connectivity index (χ1n) is 8.69. The first-order valence-corrected chi connectivity index (χ1v) is 8.69. The fourth-order valence-electron chi connectivity index (χ4n) is 2.21. The summed E-state index contributed by atoms with van der Waals surface area (Å²) in [5.74, 6) is -3.25. The molecule has 0 radical (unpaired) electrons. The highest BCUT2D eigenvalue weighted by molar-refractivity contribution is 5.92. The Kier molecular flexibility index (Phi) is 9.06. The van der Waals surface area contributed by atoms with Crippen LogP contribution in [0.1, 0.15) is 19.4 Å². The normalized spacial score (nSPS) is 14.9. The molecule has 154 valence electrons. The monoisotopic (exact) mass is 394 g/mol. The first-order chi connectivity index (χ1) is 13.1. The van der Waals surface area contributed by atoms with Crippen LogP contribution in [0, 0.1) is 0 Å². The molecule has 7 N–H and O–H groups in total. The maximum Gasteiger partial charge on any atom is 0.326 e. The molecular weight excluding hydrogens is 368 g/mol.